The number of amides is 2. The molecule has 7 heteroatoms. The van der Waals surface area contributed by atoms with E-state index in [0.29, 0.717) is 28.4 Å². The lowest BCUT2D eigenvalue weighted by Gasteiger charge is -2.11. The topological polar surface area (TPSA) is 85.2 Å². The minimum absolute atomic E-state index is 0.323. The van der Waals surface area contributed by atoms with E-state index in [1.807, 2.05) is 30.3 Å². The van der Waals surface area contributed by atoms with Crippen LogP contribution in [0.15, 0.2) is 91.1 Å². The minimum Gasteiger partial charge on any atom is -0.497 e. The summed E-state index contributed by atoms with van der Waals surface area (Å²) >= 11 is 0. The van der Waals surface area contributed by atoms with Crippen molar-refractivity contribution in [2.24, 2.45) is 0 Å². The van der Waals surface area contributed by atoms with Gasteiger partial charge >= 0.3 is 0 Å². The van der Waals surface area contributed by atoms with Gasteiger partial charge < -0.3 is 15.4 Å². The third kappa shape index (κ3) is 4.62. The Bertz CT molecular complexity index is 1200. The van der Waals surface area contributed by atoms with Crippen molar-refractivity contribution in [3.8, 4) is 11.4 Å². The molecular weight excluding hydrogens is 392 g/mol. The summed E-state index contributed by atoms with van der Waals surface area (Å²) in [5.41, 5.74) is 2.08. The summed E-state index contributed by atoms with van der Waals surface area (Å²) in [6.07, 6.45) is 1.77. The van der Waals surface area contributed by atoms with Crippen LogP contribution in [0, 0.1) is 0 Å². The van der Waals surface area contributed by atoms with Crippen molar-refractivity contribution in [1.82, 2.24) is 9.78 Å². The second kappa shape index (κ2) is 8.96. The number of ether oxygens (including phenoxy) is 1. The van der Waals surface area contributed by atoms with Crippen LogP contribution in [0.4, 0.5) is 11.5 Å². The summed E-state index contributed by atoms with van der Waals surface area (Å²) in [7, 11) is 1.56. The molecule has 0 bridgehead atoms. The second-order valence-corrected chi connectivity index (χ2v) is 6.66. The van der Waals surface area contributed by atoms with Gasteiger partial charge in [0.2, 0.25) is 0 Å². The Morgan fingerprint density at radius 1 is 0.806 bits per heavy atom. The highest BCUT2D eigenvalue weighted by Crippen LogP contribution is 2.19. The van der Waals surface area contributed by atoms with Gasteiger partial charge in [0.05, 0.1) is 24.0 Å². The van der Waals surface area contributed by atoms with Gasteiger partial charge in [-0.15, -0.1) is 0 Å². The lowest BCUT2D eigenvalue weighted by Crippen LogP contribution is -2.18. The zero-order chi connectivity index (χ0) is 21.6. The number of aromatic nitrogens is 2. The van der Waals surface area contributed by atoms with Crippen molar-refractivity contribution in [2.45, 2.75) is 0 Å². The van der Waals surface area contributed by atoms with E-state index in [1.54, 1.807) is 72.6 Å². The molecule has 0 spiro atoms. The third-order valence-corrected chi connectivity index (χ3v) is 4.62. The number of nitrogens with one attached hydrogen (secondary N) is 2. The van der Waals surface area contributed by atoms with E-state index in [9.17, 15) is 9.59 Å². The maximum atomic E-state index is 12.9. The summed E-state index contributed by atoms with van der Waals surface area (Å²) in [6.45, 7) is 0. The standard InChI is InChI=1S/C24H20N4O3/c1-31-19-13-11-17(12-14-19)23(29)25-21-10-6-5-9-20(21)24(30)26-22-15-16-28(27-22)18-7-3-2-4-8-18/h2-16H,1H3,(H,25,29)(H,26,27,30). The Balaban J connectivity index is 1.49. The molecule has 0 fully saturated rings. The smallest absolute Gasteiger partial charge is 0.258 e. The van der Waals surface area contributed by atoms with E-state index in [4.69, 9.17) is 4.74 Å². The highest BCUT2D eigenvalue weighted by Gasteiger charge is 2.15. The normalized spacial score (nSPS) is 10.4. The van der Waals surface area contributed by atoms with Crippen LogP contribution in [0.3, 0.4) is 0 Å². The molecule has 7 nitrogen and oxygen atoms in total. The summed E-state index contributed by atoms with van der Waals surface area (Å²) in [5, 5.41) is 9.96. The number of benzene rings is 3. The van der Waals surface area contributed by atoms with Crippen LogP contribution < -0.4 is 15.4 Å². The van der Waals surface area contributed by atoms with Crippen LogP contribution in [0.1, 0.15) is 20.7 Å². The molecule has 0 radical (unpaired) electrons. The predicted octanol–water partition coefficient (Wildman–Crippen LogP) is 4.39. The molecule has 0 unspecified atom stereocenters. The molecule has 4 rings (SSSR count). The number of carbonyl (C=O) groups excluding carboxylic acids is 2. The summed E-state index contributed by atoms with van der Waals surface area (Å²) in [6, 6.07) is 24.8. The van der Waals surface area contributed by atoms with Gasteiger partial charge in [-0.3, -0.25) is 9.59 Å². The average molecular weight is 412 g/mol. The van der Waals surface area contributed by atoms with E-state index in [1.165, 1.54) is 0 Å². The van der Waals surface area contributed by atoms with Crippen LogP contribution in [0.2, 0.25) is 0 Å². The predicted molar refractivity (Wildman–Crippen MR) is 119 cm³/mol. The molecule has 154 valence electrons. The van der Waals surface area contributed by atoms with Gasteiger partial charge in [-0.25, -0.2) is 4.68 Å². The van der Waals surface area contributed by atoms with Crippen LogP contribution >= 0.6 is 0 Å². The molecule has 0 saturated heterocycles. The van der Waals surface area contributed by atoms with Crippen LogP contribution in [-0.4, -0.2) is 28.7 Å². The zero-order valence-electron chi connectivity index (χ0n) is 16.8. The fourth-order valence-electron chi connectivity index (χ4n) is 3.03. The molecule has 0 atom stereocenters. The molecule has 31 heavy (non-hydrogen) atoms. The molecule has 0 aliphatic carbocycles. The monoisotopic (exact) mass is 412 g/mol. The average Bonchev–Trinajstić information content (AvgIpc) is 3.28. The first-order chi connectivity index (χ1) is 15.1. The number of hydrogen-bond acceptors (Lipinski definition) is 4. The van der Waals surface area contributed by atoms with Crippen molar-refractivity contribution in [2.75, 3.05) is 17.7 Å². The fraction of sp³-hybridized carbons (Fsp3) is 0.0417. The Morgan fingerprint density at radius 2 is 1.52 bits per heavy atom. The number of carbonyl (C=O) groups is 2. The van der Waals surface area contributed by atoms with Crippen LogP contribution in [0.5, 0.6) is 5.75 Å². The van der Waals surface area contributed by atoms with Crippen LogP contribution in [-0.2, 0) is 0 Å². The summed E-state index contributed by atoms with van der Waals surface area (Å²) in [5.74, 6) is 0.372. The van der Waals surface area contributed by atoms with Gasteiger partial charge in [0, 0.05) is 17.8 Å². The SMILES string of the molecule is COc1ccc(C(=O)Nc2ccccc2C(=O)Nc2ccn(-c3ccccc3)n2)cc1. The van der Waals surface area contributed by atoms with Crippen molar-refractivity contribution in [3.63, 3.8) is 0 Å². The maximum Gasteiger partial charge on any atom is 0.258 e. The number of hydrogen-bond donors (Lipinski definition) is 2. The molecule has 0 saturated carbocycles. The van der Waals surface area contributed by atoms with Gasteiger partial charge in [-0.1, -0.05) is 30.3 Å². The summed E-state index contributed by atoms with van der Waals surface area (Å²) in [4.78, 5) is 25.5. The molecule has 2 amide bonds. The van der Waals surface area contributed by atoms with Gasteiger partial charge in [0.25, 0.3) is 11.8 Å². The second-order valence-electron chi connectivity index (χ2n) is 6.66. The molecule has 4 aromatic rings. The van der Waals surface area contributed by atoms with Crippen molar-refractivity contribution in [3.05, 3.63) is 102 Å². The summed E-state index contributed by atoms with van der Waals surface area (Å²) < 4.78 is 6.79. The number of nitrogens with zero attached hydrogens (tertiary/aromatic N) is 2. The van der Waals surface area contributed by atoms with E-state index in [0.717, 1.165) is 5.69 Å². The highest BCUT2D eigenvalue weighted by atomic mass is 16.5. The highest BCUT2D eigenvalue weighted by molar-refractivity contribution is 6.12. The van der Waals surface area contributed by atoms with Crippen molar-refractivity contribution in [1.29, 1.82) is 0 Å². The lowest BCUT2D eigenvalue weighted by molar-refractivity contribution is 0.102. The fourth-order valence-corrected chi connectivity index (χ4v) is 3.03. The lowest BCUT2D eigenvalue weighted by atomic mass is 10.1. The van der Waals surface area contributed by atoms with E-state index < -0.39 is 0 Å². The maximum absolute atomic E-state index is 12.9. The first-order valence-corrected chi connectivity index (χ1v) is 9.61. The van der Waals surface area contributed by atoms with Gasteiger partial charge in [-0.05, 0) is 48.5 Å². The van der Waals surface area contributed by atoms with Crippen molar-refractivity contribution < 1.29 is 14.3 Å². The first-order valence-electron chi connectivity index (χ1n) is 9.61. The first kappa shape index (κ1) is 19.9. The van der Waals surface area contributed by atoms with E-state index in [2.05, 4.69) is 15.7 Å². The molecule has 0 aliphatic rings. The molecule has 1 heterocycles. The molecule has 1 aromatic heterocycles. The zero-order valence-corrected chi connectivity index (χ0v) is 16.8. The number of methoxy groups -OCH3 is 1. The van der Waals surface area contributed by atoms with Gasteiger partial charge in [0.15, 0.2) is 5.82 Å². The van der Waals surface area contributed by atoms with Gasteiger partial charge in [-0.2, -0.15) is 5.10 Å². The molecule has 0 aliphatic heterocycles. The quantitative estimate of drug-likeness (QED) is 0.492. The molecular formula is C24H20N4O3. The Kier molecular flexibility index (Phi) is 5.75. The Labute approximate surface area is 179 Å². The van der Waals surface area contributed by atoms with Gasteiger partial charge in [0.1, 0.15) is 5.75 Å². The van der Waals surface area contributed by atoms with E-state index >= 15 is 0 Å². The molecule has 2 N–H and O–H groups in total. The number of para-hydroxylation sites is 2. The van der Waals surface area contributed by atoms with Crippen molar-refractivity contribution >= 4 is 23.3 Å². The Morgan fingerprint density at radius 3 is 2.26 bits per heavy atom. The Hall–Kier alpha value is -4.39. The number of anilines is 2. The largest absolute Gasteiger partial charge is 0.497 e. The van der Waals surface area contributed by atoms with Crippen LogP contribution in [0.25, 0.3) is 5.69 Å². The van der Waals surface area contributed by atoms with E-state index in [-0.39, 0.29) is 11.8 Å². The molecule has 3 aromatic carbocycles. The number of rotatable bonds is 6. The minimum atomic E-state index is -0.371. The third-order valence-electron chi connectivity index (χ3n) is 4.62.